The van der Waals surface area contributed by atoms with Crippen LogP contribution in [0.5, 0.6) is 0 Å². The molecule has 20 heavy (non-hydrogen) atoms. The molecule has 3 rings (SSSR count). The Hall–Kier alpha value is -0.420. The zero-order valence-electron chi connectivity index (χ0n) is 11.9. The molecule has 110 valence electrons. The highest BCUT2D eigenvalue weighted by atomic mass is 79.9. The fraction of sp³-hybridized carbons (Fsp3) is 0.625. The predicted octanol–water partition coefficient (Wildman–Crippen LogP) is 3.44. The van der Waals surface area contributed by atoms with E-state index >= 15 is 0 Å². The molecule has 1 N–H and O–H groups in total. The van der Waals surface area contributed by atoms with E-state index < -0.39 is 0 Å². The highest BCUT2D eigenvalue weighted by Gasteiger charge is 2.41. The van der Waals surface area contributed by atoms with Crippen molar-refractivity contribution in [1.82, 2.24) is 5.32 Å². The van der Waals surface area contributed by atoms with Crippen LogP contribution in [-0.4, -0.2) is 31.5 Å². The SMILES string of the molecule is C[C@@H](NC1CCOC2(CCOC2)C1)c1ccc(Br)cc1. The normalized spacial score (nSPS) is 31.6. The molecule has 0 amide bonds. The van der Waals surface area contributed by atoms with E-state index in [9.17, 15) is 0 Å². The molecular formula is C16H22BrNO2. The van der Waals surface area contributed by atoms with Gasteiger partial charge in [0.05, 0.1) is 12.2 Å². The number of ether oxygens (including phenoxy) is 2. The van der Waals surface area contributed by atoms with Crippen LogP contribution in [0.3, 0.4) is 0 Å². The second kappa shape index (κ2) is 6.14. The fourth-order valence-electron chi connectivity index (χ4n) is 3.23. The highest BCUT2D eigenvalue weighted by molar-refractivity contribution is 9.10. The second-order valence-corrected chi connectivity index (χ2v) is 6.88. The van der Waals surface area contributed by atoms with Crippen LogP contribution >= 0.6 is 15.9 Å². The molecule has 3 atom stereocenters. The molecule has 0 bridgehead atoms. The van der Waals surface area contributed by atoms with Gasteiger partial charge in [-0.3, -0.25) is 0 Å². The Morgan fingerprint density at radius 1 is 1.30 bits per heavy atom. The Labute approximate surface area is 129 Å². The number of rotatable bonds is 3. The van der Waals surface area contributed by atoms with Crippen molar-refractivity contribution < 1.29 is 9.47 Å². The summed E-state index contributed by atoms with van der Waals surface area (Å²) in [6.45, 7) is 4.68. The minimum atomic E-state index is -0.0185. The first kappa shape index (κ1) is 14.5. The molecule has 2 aliphatic rings. The van der Waals surface area contributed by atoms with Gasteiger partial charge in [0.2, 0.25) is 0 Å². The van der Waals surface area contributed by atoms with E-state index in [1.807, 2.05) is 0 Å². The van der Waals surface area contributed by atoms with E-state index in [-0.39, 0.29) is 5.60 Å². The van der Waals surface area contributed by atoms with Crippen molar-refractivity contribution in [3.05, 3.63) is 34.3 Å². The van der Waals surface area contributed by atoms with Crippen LogP contribution in [-0.2, 0) is 9.47 Å². The molecule has 1 spiro atoms. The summed E-state index contributed by atoms with van der Waals surface area (Å²) in [7, 11) is 0. The molecule has 1 aromatic carbocycles. The number of nitrogens with one attached hydrogen (secondary N) is 1. The van der Waals surface area contributed by atoms with Gasteiger partial charge in [-0.05, 0) is 37.5 Å². The van der Waals surface area contributed by atoms with Gasteiger partial charge in [-0.25, -0.2) is 0 Å². The summed E-state index contributed by atoms with van der Waals surface area (Å²) in [5.74, 6) is 0. The Kier molecular flexibility index (Phi) is 4.46. The lowest BCUT2D eigenvalue weighted by molar-refractivity contribution is -0.0902. The maximum Gasteiger partial charge on any atom is 0.0951 e. The minimum Gasteiger partial charge on any atom is -0.378 e. The lowest BCUT2D eigenvalue weighted by atomic mass is 9.89. The van der Waals surface area contributed by atoms with Crippen LogP contribution in [0.25, 0.3) is 0 Å². The summed E-state index contributed by atoms with van der Waals surface area (Å²) in [5, 5.41) is 3.75. The zero-order chi connectivity index (χ0) is 14.0. The fourth-order valence-corrected chi connectivity index (χ4v) is 3.50. The van der Waals surface area contributed by atoms with Crippen molar-refractivity contribution >= 4 is 15.9 Å². The molecule has 2 fully saturated rings. The van der Waals surface area contributed by atoms with Crippen LogP contribution in [0.1, 0.15) is 37.8 Å². The minimum absolute atomic E-state index is 0.0185. The van der Waals surface area contributed by atoms with Gasteiger partial charge >= 0.3 is 0 Å². The average Bonchev–Trinajstić information content (AvgIpc) is 2.87. The van der Waals surface area contributed by atoms with Gasteiger partial charge in [0.1, 0.15) is 0 Å². The lowest BCUT2D eigenvalue weighted by Gasteiger charge is -2.38. The molecule has 0 aromatic heterocycles. The van der Waals surface area contributed by atoms with Crippen molar-refractivity contribution in [3.8, 4) is 0 Å². The molecule has 0 radical (unpaired) electrons. The predicted molar refractivity (Wildman–Crippen MR) is 82.8 cm³/mol. The highest BCUT2D eigenvalue weighted by Crippen LogP contribution is 2.33. The van der Waals surface area contributed by atoms with Gasteiger partial charge in [-0.2, -0.15) is 0 Å². The van der Waals surface area contributed by atoms with Gasteiger partial charge in [-0.1, -0.05) is 28.1 Å². The number of hydrogen-bond donors (Lipinski definition) is 1. The van der Waals surface area contributed by atoms with Crippen LogP contribution < -0.4 is 5.32 Å². The molecule has 2 aliphatic heterocycles. The van der Waals surface area contributed by atoms with Gasteiger partial charge < -0.3 is 14.8 Å². The third kappa shape index (κ3) is 3.25. The summed E-state index contributed by atoms with van der Waals surface area (Å²) >= 11 is 3.48. The topological polar surface area (TPSA) is 30.5 Å². The van der Waals surface area contributed by atoms with Crippen LogP contribution in [0.4, 0.5) is 0 Å². The molecular weight excluding hydrogens is 318 g/mol. The van der Waals surface area contributed by atoms with Gasteiger partial charge in [-0.15, -0.1) is 0 Å². The summed E-state index contributed by atoms with van der Waals surface area (Å²) in [6, 6.07) is 9.44. The summed E-state index contributed by atoms with van der Waals surface area (Å²) in [5.41, 5.74) is 1.31. The maximum absolute atomic E-state index is 5.99. The van der Waals surface area contributed by atoms with Crippen LogP contribution in [0, 0.1) is 0 Å². The van der Waals surface area contributed by atoms with Gasteiger partial charge in [0.25, 0.3) is 0 Å². The summed E-state index contributed by atoms with van der Waals surface area (Å²) in [4.78, 5) is 0. The van der Waals surface area contributed by atoms with E-state index in [4.69, 9.17) is 9.47 Å². The molecule has 4 heteroatoms. The van der Waals surface area contributed by atoms with Crippen molar-refractivity contribution in [2.24, 2.45) is 0 Å². The Morgan fingerprint density at radius 3 is 2.80 bits per heavy atom. The lowest BCUT2D eigenvalue weighted by Crippen LogP contribution is -2.48. The zero-order valence-corrected chi connectivity index (χ0v) is 13.5. The summed E-state index contributed by atoms with van der Waals surface area (Å²) in [6.07, 6.45) is 3.19. The van der Waals surface area contributed by atoms with E-state index in [1.165, 1.54) is 5.56 Å². The molecule has 0 saturated carbocycles. The quantitative estimate of drug-likeness (QED) is 0.914. The largest absolute Gasteiger partial charge is 0.378 e. The average molecular weight is 340 g/mol. The Morgan fingerprint density at radius 2 is 2.10 bits per heavy atom. The first-order valence-corrected chi connectivity index (χ1v) is 8.19. The van der Waals surface area contributed by atoms with Gasteiger partial charge in [0, 0.05) is 36.2 Å². The number of hydrogen-bond acceptors (Lipinski definition) is 3. The second-order valence-electron chi connectivity index (χ2n) is 5.96. The van der Waals surface area contributed by atoms with Crippen molar-refractivity contribution in [2.45, 2.75) is 43.9 Å². The van der Waals surface area contributed by atoms with Gasteiger partial charge in [0.15, 0.2) is 0 Å². The van der Waals surface area contributed by atoms with E-state index in [1.54, 1.807) is 0 Å². The number of halogens is 1. The molecule has 0 aliphatic carbocycles. The standard InChI is InChI=1S/C16H22BrNO2/c1-12(13-2-4-14(17)5-3-13)18-15-6-8-20-16(10-15)7-9-19-11-16/h2-5,12,15,18H,6-11H2,1H3/t12-,15?,16?/m1/s1. The molecule has 2 saturated heterocycles. The van der Waals surface area contributed by atoms with Crippen molar-refractivity contribution in [1.29, 1.82) is 0 Å². The monoisotopic (exact) mass is 339 g/mol. The molecule has 1 aromatic rings. The first-order valence-electron chi connectivity index (χ1n) is 7.40. The Bertz CT molecular complexity index is 442. The van der Waals surface area contributed by atoms with Crippen LogP contribution in [0.15, 0.2) is 28.7 Å². The molecule has 2 unspecified atom stereocenters. The maximum atomic E-state index is 5.99. The third-order valence-corrected chi connectivity index (χ3v) is 4.94. The van der Waals surface area contributed by atoms with Crippen molar-refractivity contribution in [2.75, 3.05) is 19.8 Å². The molecule has 2 heterocycles. The Balaban J connectivity index is 1.60. The van der Waals surface area contributed by atoms with Crippen molar-refractivity contribution in [3.63, 3.8) is 0 Å². The van der Waals surface area contributed by atoms with E-state index in [0.717, 1.165) is 43.6 Å². The molecule has 3 nitrogen and oxygen atoms in total. The third-order valence-electron chi connectivity index (χ3n) is 4.42. The van der Waals surface area contributed by atoms with E-state index in [0.29, 0.717) is 12.1 Å². The van der Waals surface area contributed by atoms with E-state index in [2.05, 4.69) is 52.4 Å². The van der Waals surface area contributed by atoms with Crippen LogP contribution in [0.2, 0.25) is 0 Å². The first-order chi connectivity index (χ1) is 9.67. The smallest absolute Gasteiger partial charge is 0.0951 e. The summed E-state index contributed by atoms with van der Waals surface area (Å²) < 4.78 is 12.6. The number of benzene rings is 1.